The molecular weight excluding hydrogens is 248 g/mol. The largest absolute Gasteiger partial charge is 0.467 e. The van der Waals surface area contributed by atoms with E-state index in [0.29, 0.717) is 0 Å². The van der Waals surface area contributed by atoms with E-state index in [2.05, 4.69) is 19.7 Å². The molecule has 0 aromatic carbocycles. The van der Waals surface area contributed by atoms with E-state index in [1.54, 1.807) is 0 Å². The first-order chi connectivity index (χ1) is 8.00. The Balaban J connectivity index is 2.84. The summed E-state index contributed by atoms with van der Waals surface area (Å²) in [6.45, 7) is 1.50. The second kappa shape index (κ2) is 5.73. The highest BCUT2D eigenvalue weighted by atomic mass is 32.2. The molecule has 1 aromatic heterocycles. The molecule has 0 aliphatic heterocycles. The molecule has 0 amide bonds. The average Bonchev–Trinajstić information content (AvgIpc) is 2.36. The zero-order valence-electron chi connectivity index (χ0n) is 9.80. The fourth-order valence-corrected chi connectivity index (χ4v) is 1.47. The molecule has 1 aromatic rings. The molecule has 0 aliphatic rings. The summed E-state index contributed by atoms with van der Waals surface area (Å²) >= 11 is 0. The van der Waals surface area contributed by atoms with Crippen molar-refractivity contribution in [1.82, 2.24) is 19.7 Å². The summed E-state index contributed by atoms with van der Waals surface area (Å²) in [7, 11) is -0.494. The highest BCUT2D eigenvalue weighted by molar-refractivity contribution is 7.89. The van der Waals surface area contributed by atoms with Crippen molar-refractivity contribution < 1.29 is 17.9 Å². The van der Waals surface area contributed by atoms with Gasteiger partial charge < -0.3 is 9.47 Å². The molecule has 0 aliphatic carbocycles. The normalized spacial score (nSPS) is 11.2. The van der Waals surface area contributed by atoms with Crippen molar-refractivity contribution in [2.24, 2.45) is 0 Å². The van der Waals surface area contributed by atoms with Crippen LogP contribution in [0.2, 0.25) is 0 Å². The summed E-state index contributed by atoms with van der Waals surface area (Å²) < 4.78 is 34.5. The van der Waals surface area contributed by atoms with Crippen LogP contribution in [0.15, 0.2) is 0 Å². The Morgan fingerprint density at radius 1 is 1.12 bits per heavy atom. The van der Waals surface area contributed by atoms with Crippen LogP contribution in [-0.4, -0.2) is 43.3 Å². The van der Waals surface area contributed by atoms with Crippen LogP contribution in [0.3, 0.4) is 0 Å². The van der Waals surface area contributed by atoms with Gasteiger partial charge in [0.05, 0.1) is 26.5 Å². The second-order valence-electron chi connectivity index (χ2n) is 2.95. The van der Waals surface area contributed by atoms with Crippen molar-refractivity contribution in [2.45, 2.75) is 13.5 Å². The third-order valence-electron chi connectivity index (χ3n) is 1.84. The minimum Gasteiger partial charge on any atom is -0.467 e. The molecule has 1 N–H and O–H groups in total. The first-order valence-electron chi connectivity index (χ1n) is 4.81. The van der Waals surface area contributed by atoms with Crippen LogP contribution < -0.4 is 14.2 Å². The highest BCUT2D eigenvalue weighted by Gasteiger charge is 2.10. The van der Waals surface area contributed by atoms with Gasteiger partial charge in [-0.15, -0.1) is 4.98 Å². The van der Waals surface area contributed by atoms with Crippen molar-refractivity contribution in [3.05, 3.63) is 5.82 Å². The van der Waals surface area contributed by atoms with E-state index in [0.717, 1.165) is 0 Å². The molecule has 0 unspecified atom stereocenters. The van der Waals surface area contributed by atoms with Gasteiger partial charge in [0, 0.05) is 0 Å². The summed E-state index contributed by atoms with van der Waals surface area (Å²) in [5.74, 6) is 0.220. The van der Waals surface area contributed by atoms with Gasteiger partial charge in [0.2, 0.25) is 10.0 Å². The van der Waals surface area contributed by atoms with Gasteiger partial charge in [0.25, 0.3) is 0 Å². The number of methoxy groups -OCH3 is 2. The van der Waals surface area contributed by atoms with E-state index in [1.165, 1.54) is 21.1 Å². The van der Waals surface area contributed by atoms with Gasteiger partial charge >= 0.3 is 12.0 Å². The molecule has 17 heavy (non-hydrogen) atoms. The molecule has 8 nitrogen and oxygen atoms in total. The smallest absolute Gasteiger partial charge is 0.322 e. The summed E-state index contributed by atoms with van der Waals surface area (Å²) in [5, 5.41) is 0. The van der Waals surface area contributed by atoms with Gasteiger partial charge in [-0.3, -0.25) is 0 Å². The summed E-state index contributed by atoms with van der Waals surface area (Å²) in [4.78, 5) is 11.6. The van der Waals surface area contributed by atoms with Gasteiger partial charge in [-0.2, -0.15) is 9.97 Å². The van der Waals surface area contributed by atoms with E-state index in [1.807, 2.05) is 0 Å². The summed E-state index contributed by atoms with van der Waals surface area (Å²) in [5.41, 5.74) is 0. The van der Waals surface area contributed by atoms with E-state index in [4.69, 9.17) is 9.47 Å². The molecule has 1 heterocycles. The Hall–Kier alpha value is -1.48. The lowest BCUT2D eigenvalue weighted by molar-refractivity contribution is 0.336. The molecule has 0 atom stereocenters. The van der Waals surface area contributed by atoms with Gasteiger partial charge in [-0.1, -0.05) is 0 Å². The van der Waals surface area contributed by atoms with Crippen molar-refractivity contribution in [3.8, 4) is 12.0 Å². The first kappa shape index (κ1) is 13.6. The molecule has 1 rings (SSSR count). The van der Waals surface area contributed by atoms with Crippen LogP contribution in [0.25, 0.3) is 0 Å². The average molecular weight is 262 g/mol. The standard InChI is InChI=1S/C8H14N4O4S/c1-4-17(13,14)9-5-6-10-7(15-2)12-8(11-6)16-3/h9H,4-5H2,1-3H3. The number of hydrogen-bond donors (Lipinski definition) is 1. The topological polar surface area (TPSA) is 103 Å². The second-order valence-corrected chi connectivity index (χ2v) is 5.05. The van der Waals surface area contributed by atoms with Crippen molar-refractivity contribution >= 4 is 10.0 Å². The molecule has 0 radical (unpaired) electrons. The number of ether oxygens (including phenoxy) is 2. The van der Waals surface area contributed by atoms with Crippen molar-refractivity contribution in [3.63, 3.8) is 0 Å². The lowest BCUT2D eigenvalue weighted by atomic mass is 10.6. The number of nitrogens with one attached hydrogen (secondary N) is 1. The predicted molar refractivity (Wildman–Crippen MR) is 59.2 cm³/mol. The summed E-state index contributed by atoms with van der Waals surface area (Å²) in [6.07, 6.45) is 0. The molecule has 0 saturated carbocycles. The molecule has 0 saturated heterocycles. The number of hydrogen-bond acceptors (Lipinski definition) is 7. The number of aromatic nitrogens is 3. The lowest BCUT2D eigenvalue weighted by Crippen LogP contribution is -2.26. The fraction of sp³-hybridized carbons (Fsp3) is 0.625. The van der Waals surface area contributed by atoms with E-state index in [9.17, 15) is 8.42 Å². The van der Waals surface area contributed by atoms with Crippen LogP contribution in [0.5, 0.6) is 12.0 Å². The quantitative estimate of drug-likeness (QED) is 0.725. The monoisotopic (exact) mass is 262 g/mol. The van der Waals surface area contributed by atoms with Crippen LogP contribution in [0, 0.1) is 0 Å². The van der Waals surface area contributed by atoms with Crippen LogP contribution in [-0.2, 0) is 16.6 Å². The summed E-state index contributed by atoms with van der Waals surface area (Å²) in [6, 6.07) is 0.144. The lowest BCUT2D eigenvalue weighted by Gasteiger charge is -2.06. The SMILES string of the molecule is CCS(=O)(=O)NCc1nc(OC)nc(OC)n1. The zero-order valence-corrected chi connectivity index (χ0v) is 10.6. The minimum atomic E-state index is -3.29. The molecule has 9 heteroatoms. The molecule has 96 valence electrons. The van der Waals surface area contributed by atoms with Gasteiger partial charge in [0.15, 0.2) is 5.82 Å². The fourth-order valence-electron chi connectivity index (χ4n) is 0.916. The van der Waals surface area contributed by atoms with Gasteiger partial charge in [-0.05, 0) is 6.92 Å². The number of nitrogens with zero attached hydrogens (tertiary/aromatic N) is 3. The Morgan fingerprint density at radius 2 is 1.65 bits per heavy atom. The van der Waals surface area contributed by atoms with E-state index in [-0.39, 0.29) is 30.1 Å². The Kier molecular flexibility index (Phi) is 4.58. The number of rotatable bonds is 6. The third kappa shape index (κ3) is 4.11. The third-order valence-corrected chi connectivity index (χ3v) is 3.18. The predicted octanol–water partition coefficient (Wildman–Crippen LogP) is -0.672. The van der Waals surface area contributed by atoms with Gasteiger partial charge in [-0.25, -0.2) is 13.1 Å². The first-order valence-corrected chi connectivity index (χ1v) is 6.46. The highest BCUT2D eigenvalue weighted by Crippen LogP contribution is 2.08. The Bertz CT molecular complexity index is 454. The number of sulfonamides is 1. The van der Waals surface area contributed by atoms with Crippen LogP contribution >= 0.6 is 0 Å². The zero-order chi connectivity index (χ0) is 12.9. The molecule has 0 bridgehead atoms. The maximum Gasteiger partial charge on any atom is 0.322 e. The van der Waals surface area contributed by atoms with E-state index >= 15 is 0 Å². The van der Waals surface area contributed by atoms with Crippen LogP contribution in [0.1, 0.15) is 12.7 Å². The molecular formula is C8H14N4O4S. The maximum atomic E-state index is 11.2. The Morgan fingerprint density at radius 3 is 2.06 bits per heavy atom. The minimum absolute atomic E-state index is 0.00759. The molecule has 0 spiro atoms. The van der Waals surface area contributed by atoms with Crippen molar-refractivity contribution in [1.29, 1.82) is 0 Å². The van der Waals surface area contributed by atoms with Crippen LogP contribution in [0.4, 0.5) is 0 Å². The Labute approximate surface area is 99.5 Å². The van der Waals surface area contributed by atoms with Crippen molar-refractivity contribution in [2.75, 3.05) is 20.0 Å². The molecule has 0 fully saturated rings. The van der Waals surface area contributed by atoms with E-state index < -0.39 is 10.0 Å². The maximum absolute atomic E-state index is 11.2. The van der Waals surface area contributed by atoms with Gasteiger partial charge in [0.1, 0.15) is 0 Å².